The number of aromatic nitrogens is 1. The van der Waals surface area contributed by atoms with Crippen LogP contribution in [0.2, 0.25) is 10.0 Å². The second-order valence-corrected chi connectivity index (χ2v) is 13.7. The summed E-state index contributed by atoms with van der Waals surface area (Å²) in [7, 11) is 0. The maximum absolute atomic E-state index is 13.0. The van der Waals surface area contributed by atoms with Crippen LogP contribution in [0, 0.1) is 0 Å². The summed E-state index contributed by atoms with van der Waals surface area (Å²) >= 11 is 16.3. The Morgan fingerprint density at radius 1 is 1.05 bits per heavy atom. The number of hydrogen-bond acceptors (Lipinski definition) is 8. The van der Waals surface area contributed by atoms with Crippen molar-refractivity contribution in [3.63, 3.8) is 0 Å². The van der Waals surface area contributed by atoms with Gasteiger partial charge in [-0.25, -0.2) is 9.36 Å². The minimum atomic E-state index is -1.17. The van der Waals surface area contributed by atoms with E-state index in [2.05, 4.69) is 5.32 Å². The number of amides is 2. The van der Waals surface area contributed by atoms with Crippen molar-refractivity contribution in [1.82, 2.24) is 10.2 Å². The van der Waals surface area contributed by atoms with E-state index in [1.807, 2.05) is 29.1 Å². The molecular weight excluding hydrogens is 653 g/mol. The van der Waals surface area contributed by atoms with Crippen LogP contribution >= 0.6 is 58.5 Å². The normalized spacial score (nSPS) is 17.8. The van der Waals surface area contributed by atoms with E-state index < -0.39 is 23.3 Å². The number of carboxylic acids is 1. The molecule has 2 aliphatic rings. The third kappa shape index (κ3) is 7.38. The molecule has 1 aromatic heterocycles. The van der Waals surface area contributed by atoms with Crippen LogP contribution < -0.4 is 9.88 Å². The molecule has 0 saturated carbocycles. The number of hydrogen-bond donors (Lipinski definition) is 4. The zero-order chi connectivity index (χ0) is 30.7. The number of fused-ring (bicyclic) bond motifs is 1. The number of carbonyl (C=O) groups is 3. The van der Waals surface area contributed by atoms with Crippen molar-refractivity contribution < 1.29 is 34.3 Å². The molecule has 0 bridgehead atoms. The van der Waals surface area contributed by atoms with Gasteiger partial charge in [0.1, 0.15) is 17.1 Å². The second kappa shape index (κ2) is 13.7. The molecular formula is C29H26Cl2N3O6S3+. The number of pyridine rings is 1. The van der Waals surface area contributed by atoms with Gasteiger partial charge >= 0.3 is 5.97 Å². The van der Waals surface area contributed by atoms with Gasteiger partial charge in [0.15, 0.2) is 30.4 Å². The number of rotatable bonds is 11. The summed E-state index contributed by atoms with van der Waals surface area (Å²) in [5.74, 6) is -1.42. The van der Waals surface area contributed by atoms with E-state index >= 15 is 0 Å². The minimum absolute atomic E-state index is 0.0185. The minimum Gasteiger partial charge on any atom is -0.504 e. The van der Waals surface area contributed by atoms with Crippen molar-refractivity contribution >= 4 is 76.3 Å². The monoisotopic (exact) mass is 678 g/mol. The Morgan fingerprint density at radius 3 is 2.53 bits per heavy atom. The van der Waals surface area contributed by atoms with Crippen LogP contribution in [-0.2, 0) is 27.3 Å². The van der Waals surface area contributed by atoms with Crippen molar-refractivity contribution in [2.75, 3.05) is 17.3 Å². The van der Waals surface area contributed by atoms with E-state index in [9.17, 15) is 29.7 Å². The lowest BCUT2D eigenvalue weighted by Gasteiger charge is -2.49. The van der Waals surface area contributed by atoms with E-state index in [1.165, 1.54) is 52.3 Å². The highest BCUT2D eigenvalue weighted by atomic mass is 35.5. The number of aliphatic carboxylic acids is 1. The number of thioether (sulfide) groups is 3. The molecule has 2 amide bonds. The molecule has 14 heteroatoms. The van der Waals surface area contributed by atoms with Crippen LogP contribution in [0.4, 0.5) is 0 Å². The van der Waals surface area contributed by atoms with Gasteiger partial charge in [-0.3, -0.25) is 14.5 Å². The smallest absolute Gasteiger partial charge is 0.352 e. The fourth-order valence-electron chi connectivity index (χ4n) is 4.58. The number of carboxylic acid groups (broad SMARTS) is 1. The number of halogens is 2. The molecule has 1 saturated heterocycles. The Morgan fingerprint density at radius 2 is 1.81 bits per heavy atom. The molecule has 0 radical (unpaired) electrons. The van der Waals surface area contributed by atoms with Gasteiger partial charge in [-0.2, -0.15) is 0 Å². The number of aromatic hydroxyl groups is 2. The first-order valence-corrected chi connectivity index (χ1v) is 16.8. The lowest BCUT2D eigenvalue weighted by molar-refractivity contribution is -0.696. The number of carbonyl (C=O) groups excluding carboxylic acids is 2. The van der Waals surface area contributed by atoms with E-state index in [0.29, 0.717) is 45.0 Å². The second-order valence-electron chi connectivity index (χ2n) is 9.71. The zero-order valence-corrected chi connectivity index (χ0v) is 26.4. The van der Waals surface area contributed by atoms with Gasteiger partial charge in [-0.05, 0) is 41.5 Å². The van der Waals surface area contributed by atoms with E-state index in [1.54, 1.807) is 24.3 Å². The summed E-state index contributed by atoms with van der Waals surface area (Å²) in [5.41, 5.74) is 1.52. The lowest BCUT2D eigenvalue weighted by Crippen LogP contribution is -2.70. The standard InChI is InChI=1S/C29H25Cl2N3O6S3/c30-18-2-3-20(31)23(12-18)42-15-24(37)32-25-27(38)34-26(29(39)40)17(14-43-28(25)34)13-41-19-6-9-33(10-7-19)8-5-16-1-4-21(35)22(36)11-16/h1-4,6-7,9-12,25,28H,5,8,13-15H2,(H3-,32,35,36,37,39,40)/p+1/t25-,28+/m0/s1. The third-order valence-corrected chi connectivity index (χ3v) is 11.0. The van der Waals surface area contributed by atoms with Crippen LogP contribution in [0.5, 0.6) is 11.5 Å². The number of β-lactam (4-membered cyclic amide) rings is 1. The van der Waals surface area contributed by atoms with Crippen molar-refractivity contribution in [2.45, 2.75) is 34.2 Å². The average molecular weight is 680 g/mol. The lowest BCUT2D eigenvalue weighted by atomic mass is 10.0. The van der Waals surface area contributed by atoms with E-state index in [4.69, 9.17) is 23.2 Å². The predicted octanol–water partition coefficient (Wildman–Crippen LogP) is 4.56. The van der Waals surface area contributed by atoms with Crippen LogP contribution in [0.3, 0.4) is 0 Å². The maximum atomic E-state index is 13.0. The van der Waals surface area contributed by atoms with E-state index in [-0.39, 0.29) is 28.9 Å². The van der Waals surface area contributed by atoms with Gasteiger partial charge in [0.05, 0.1) is 10.8 Å². The van der Waals surface area contributed by atoms with Crippen LogP contribution in [0.1, 0.15) is 5.56 Å². The Hall–Kier alpha value is -3.03. The highest BCUT2D eigenvalue weighted by molar-refractivity contribution is 8.01. The summed E-state index contributed by atoms with van der Waals surface area (Å²) in [5, 5.41) is 32.3. The van der Waals surface area contributed by atoms with Crippen molar-refractivity contribution in [3.05, 3.63) is 87.8 Å². The topological polar surface area (TPSA) is 131 Å². The summed E-state index contributed by atoms with van der Waals surface area (Å²) in [6.45, 7) is 0.670. The molecule has 4 N–H and O–H groups in total. The fourth-order valence-corrected chi connectivity index (χ4v) is 8.26. The first kappa shape index (κ1) is 31.4. The van der Waals surface area contributed by atoms with E-state index in [0.717, 1.165) is 10.5 Å². The van der Waals surface area contributed by atoms with Crippen LogP contribution in [-0.4, -0.2) is 66.7 Å². The first-order valence-electron chi connectivity index (χ1n) is 13.0. The Balaban J connectivity index is 1.15. The number of nitrogens with one attached hydrogen (secondary N) is 1. The zero-order valence-electron chi connectivity index (χ0n) is 22.4. The van der Waals surface area contributed by atoms with Gasteiger partial charge in [0, 0.05) is 44.9 Å². The molecule has 224 valence electrons. The van der Waals surface area contributed by atoms with Gasteiger partial charge in [-0.1, -0.05) is 29.3 Å². The molecule has 3 heterocycles. The Labute approximate surface area is 270 Å². The first-order chi connectivity index (χ1) is 20.6. The number of aryl methyl sites for hydroxylation is 2. The maximum Gasteiger partial charge on any atom is 0.352 e. The molecule has 2 atom stereocenters. The molecule has 1 fully saturated rings. The quantitative estimate of drug-likeness (QED) is 0.0998. The molecule has 2 aliphatic heterocycles. The number of phenols is 2. The molecule has 0 unspecified atom stereocenters. The largest absolute Gasteiger partial charge is 0.504 e. The fraction of sp³-hybridized carbons (Fsp3) is 0.241. The predicted molar refractivity (Wildman–Crippen MR) is 168 cm³/mol. The summed E-state index contributed by atoms with van der Waals surface area (Å²) in [6, 6.07) is 12.8. The molecule has 5 rings (SSSR count). The molecule has 0 aliphatic carbocycles. The molecule has 43 heavy (non-hydrogen) atoms. The number of phenolic OH excluding ortho intramolecular Hbond substituents is 2. The molecule has 0 spiro atoms. The van der Waals surface area contributed by atoms with Crippen molar-refractivity contribution in [3.8, 4) is 11.5 Å². The van der Waals surface area contributed by atoms with Crippen molar-refractivity contribution in [2.24, 2.45) is 0 Å². The summed E-state index contributed by atoms with van der Waals surface area (Å²) < 4.78 is 1.99. The summed E-state index contributed by atoms with van der Waals surface area (Å²) in [4.78, 5) is 40.7. The molecule has 3 aromatic rings. The third-order valence-electron chi connectivity index (χ3n) is 6.79. The highest BCUT2D eigenvalue weighted by Crippen LogP contribution is 2.41. The van der Waals surface area contributed by atoms with Crippen LogP contribution in [0.15, 0.2) is 82.0 Å². The SMILES string of the molecule is O=C(CSc1cc(Cl)ccc1Cl)N[C@H]1C(=O)N2C(C(=O)O)=C(CSc3cc[n+](CCc4ccc(O)c(O)c4)cc3)CS[C@H]12. The average Bonchev–Trinajstić information content (AvgIpc) is 2.99. The molecule has 2 aromatic carbocycles. The Kier molecular flexibility index (Phi) is 10.0. The van der Waals surface area contributed by atoms with Crippen LogP contribution in [0.25, 0.3) is 0 Å². The van der Waals surface area contributed by atoms with Gasteiger partial charge in [0.2, 0.25) is 5.91 Å². The number of nitrogens with zero attached hydrogens (tertiary/aromatic N) is 2. The van der Waals surface area contributed by atoms with Gasteiger partial charge in [-0.15, -0.1) is 35.3 Å². The number of benzene rings is 2. The highest BCUT2D eigenvalue weighted by Gasteiger charge is 2.54. The van der Waals surface area contributed by atoms with Crippen molar-refractivity contribution in [1.29, 1.82) is 0 Å². The Bertz CT molecular complexity index is 1600. The summed E-state index contributed by atoms with van der Waals surface area (Å²) in [6.07, 6.45) is 4.51. The van der Waals surface area contributed by atoms with Gasteiger partial charge in [0.25, 0.3) is 5.91 Å². The molecule has 9 nitrogen and oxygen atoms in total. The van der Waals surface area contributed by atoms with Gasteiger partial charge < -0.3 is 20.6 Å².